The van der Waals surface area contributed by atoms with Gasteiger partial charge in [-0.2, -0.15) is 0 Å². The minimum atomic E-state index is -2.09. The summed E-state index contributed by atoms with van der Waals surface area (Å²) in [7, 11) is 0. The van der Waals surface area contributed by atoms with Gasteiger partial charge in [-0.25, -0.2) is 13.6 Å². The quantitative estimate of drug-likeness (QED) is 0.359. The van der Waals surface area contributed by atoms with Gasteiger partial charge in [-0.1, -0.05) is 33.2 Å². The van der Waals surface area contributed by atoms with E-state index in [9.17, 15) is 14.0 Å². The van der Waals surface area contributed by atoms with Crippen molar-refractivity contribution in [3.05, 3.63) is 44.7 Å². The van der Waals surface area contributed by atoms with Crippen molar-refractivity contribution in [3.8, 4) is 0 Å². The normalized spacial score (nSPS) is 22.2. The van der Waals surface area contributed by atoms with Crippen molar-refractivity contribution in [2.45, 2.75) is 50.5 Å². The summed E-state index contributed by atoms with van der Waals surface area (Å²) in [5.41, 5.74) is 6.07. The second-order valence-electron chi connectivity index (χ2n) is 8.14. The summed E-state index contributed by atoms with van der Waals surface area (Å²) >= 11 is 3.29. The first-order valence-corrected chi connectivity index (χ1v) is 10.1. The highest BCUT2D eigenvalue weighted by Gasteiger charge is 2.50. The molecule has 8 nitrogen and oxygen atoms in total. The molecule has 0 saturated carbocycles. The van der Waals surface area contributed by atoms with Crippen molar-refractivity contribution in [2.24, 2.45) is 5.11 Å². The number of alkyl halides is 2. The summed E-state index contributed by atoms with van der Waals surface area (Å²) < 4.78 is 34.8. The third-order valence-electron chi connectivity index (χ3n) is 4.46. The maximum absolute atomic E-state index is 15.2. The minimum Gasteiger partial charge on any atom is -0.444 e. The number of azide groups is 1. The average molecular weight is 488 g/mol. The van der Waals surface area contributed by atoms with Gasteiger partial charge in [0.2, 0.25) is 5.91 Å². The summed E-state index contributed by atoms with van der Waals surface area (Å²) in [5, 5.41) is 5.79. The number of carbonyl (C=O) groups is 2. The maximum atomic E-state index is 15.2. The summed E-state index contributed by atoms with van der Waals surface area (Å²) in [6, 6.07) is 4.56. The molecule has 0 spiro atoms. The monoisotopic (exact) mass is 487 g/mol. The molecule has 0 bridgehead atoms. The molecule has 1 aromatic rings. The second-order valence-corrected chi connectivity index (χ2v) is 9.05. The smallest absolute Gasteiger partial charge is 0.411 e. The number of benzene rings is 1. The largest absolute Gasteiger partial charge is 0.444 e. The van der Waals surface area contributed by atoms with Crippen LogP contribution in [0, 0.1) is 0 Å². The first kappa shape index (κ1) is 23.9. The summed E-state index contributed by atoms with van der Waals surface area (Å²) in [5.74, 6) is -0.719. The zero-order valence-electron chi connectivity index (χ0n) is 16.9. The van der Waals surface area contributed by atoms with Crippen LogP contribution >= 0.6 is 15.9 Å². The van der Waals surface area contributed by atoms with E-state index in [1.54, 1.807) is 45.0 Å². The number of hydrogen-bond acceptors (Lipinski definition) is 4. The SMILES string of the molecule is CC(C)(C)OC(=O)N1C[C@@](F)(CN=[N+]=[N-])C[C@H]1C(=O)N[C@H](CF)c1cccc(Br)c1. The van der Waals surface area contributed by atoms with Gasteiger partial charge in [0, 0.05) is 15.8 Å². The molecule has 1 aliphatic rings. The average Bonchev–Trinajstić information content (AvgIpc) is 3.01. The number of ether oxygens (including phenoxy) is 1. The van der Waals surface area contributed by atoms with Crippen molar-refractivity contribution < 1.29 is 23.1 Å². The van der Waals surface area contributed by atoms with Crippen LogP contribution in [0.1, 0.15) is 38.8 Å². The Hall–Kier alpha value is -2.39. The molecule has 30 heavy (non-hydrogen) atoms. The molecule has 1 fully saturated rings. The van der Waals surface area contributed by atoms with Crippen LogP contribution in [-0.4, -0.2) is 54.0 Å². The molecule has 2 rings (SSSR count). The molecular formula is C19H24BrF2N5O3. The van der Waals surface area contributed by atoms with Crippen LogP contribution in [0.2, 0.25) is 0 Å². The predicted octanol–water partition coefficient (Wildman–Crippen LogP) is 4.60. The molecule has 3 atom stereocenters. The summed E-state index contributed by atoms with van der Waals surface area (Å²) in [6.07, 6.45) is -1.27. The van der Waals surface area contributed by atoms with E-state index in [0.29, 0.717) is 10.0 Å². The first-order chi connectivity index (χ1) is 14.0. The van der Waals surface area contributed by atoms with Gasteiger partial charge in [-0.15, -0.1) is 0 Å². The second kappa shape index (κ2) is 9.61. The fourth-order valence-corrected chi connectivity index (χ4v) is 3.58. The molecule has 11 heteroatoms. The Morgan fingerprint density at radius 3 is 2.77 bits per heavy atom. The number of carbonyl (C=O) groups excluding carboxylic acids is 2. The number of nitrogens with one attached hydrogen (secondary N) is 1. The Bertz CT molecular complexity index is 844. The van der Waals surface area contributed by atoms with Crippen LogP contribution in [0.5, 0.6) is 0 Å². The fourth-order valence-electron chi connectivity index (χ4n) is 3.16. The van der Waals surface area contributed by atoms with E-state index in [-0.39, 0.29) is 0 Å². The Kier molecular flexibility index (Phi) is 7.65. The highest BCUT2D eigenvalue weighted by molar-refractivity contribution is 9.10. The van der Waals surface area contributed by atoms with Gasteiger partial charge in [0.15, 0.2) is 0 Å². The number of likely N-dealkylation sites (tertiary alicyclic amines) is 1. The van der Waals surface area contributed by atoms with Crippen molar-refractivity contribution in [1.82, 2.24) is 10.2 Å². The molecule has 164 valence electrons. The number of amides is 2. The van der Waals surface area contributed by atoms with Gasteiger partial charge < -0.3 is 10.1 Å². The topological polar surface area (TPSA) is 107 Å². The Labute approximate surface area is 181 Å². The Morgan fingerprint density at radius 1 is 1.50 bits per heavy atom. The van der Waals surface area contributed by atoms with Gasteiger partial charge in [0.1, 0.15) is 24.0 Å². The van der Waals surface area contributed by atoms with E-state index < -0.39 is 61.5 Å². The van der Waals surface area contributed by atoms with Crippen LogP contribution in [0.3, 0.4) is 0 Å². The molecule has 0 aliphatic carbocycles. The van der Waals surface area contributed by atoms with Gasteiger partial charge in [-0.3, -0.25) is 9.69 Å². The van der Waals surface area contributed by atoms with E-state index in [4.69, 9.17) is 10.3 Å². The standard InChI is InChI=1S/C19H24BrF2N5O3/c1-18(2,3)30-17(29)27-11-19(22,10-24-26-23)8-15(27)16(28)25-14(9-21)12-5-4-6-13(20)7-12/h4-7,14-15H,8-11H2,1-3H3,(H,25,28)/t14-,15+,19+/m1/s1. The third-order valence-corrected chi connectivity index (χ3v) is 4.95. The van der Waals surface area contributed by atoms with Gasteiger partial charge in [-0.05, 0) is 44.0 Å². The van der Waals surface area contributed by atoms with Crippen molar-refractivity contribution >= 4 is 27.9 Å². The zero-order valence-corrected chi connectivity index (χ0v) is 18.5. The van der Waals surface area contributed by atoms with E-state index >= 15 is 4.39 Å². The van der Waals surface area contributed by atoms with Gasteiger partial charge in [0.25, 0.3) is 0 Å². The summed E-state index contributed by atoms with van der Waals surface area (Å²) in [6.45, 7) is 3.03. The molecule has 1 aromatic carbocycles. The van der Waals surface area contributed by atoms with Crippen LogP contribution < -0.4 is 5.32 Å². The van der Waals surface area contributed by atoms with E-state index in [2.05, 4.69) is 31.3 Å². The zero-order chi connectivity index (χ0) is 22.5. The van der Waals surface area contributed by atoms with Gasteiger partial charge >= 0.3 is 6.09 Å². The molecule has 0 unspecified atom stereocenters. The van der Waals surface area contributed by atoms with Crippen molar-refractivity contribution in [3.63, 3.8) is 0 Å². The number of nitrogens with zero attached hydrogens (tertiary/aromatic N) is 4. The molecule has 0 aromatic heterocycles. The van der Waals surface area contributed by atoms with Gasteiger partial charge in [0.05, 0.1) is 19.1 Å². The minimum absolute atomic E-state index is 0.394. The van der Waals surface area contributed by atoms with Crippen LogP contribution in [0.25, 0.3) is 10.4 Å². The van der Waals surface area contributed by atoms with E-state index in [1.807, 2.05) is 0 Å². The number of hydrogen-bond donors (Lipinski definition) is 1. The molecule has 1 aliphatic heterocycles. The predicted molar refractivity (Wildman–Crippen MR) is 110 cm³/mol. The highest BCUT2D eigenvalue weighted by atomic mass is 79.9. The maximum Gasteiger partial charge on any atom is 0.411 e. The third kappa shape index (κ3) is 6.30. The van der Waals surface area contributed by atoms with Crippen LogP contribution in [0.15, 0.2) is 33.9 Å². The molecule has 2 amide bonds. The number of rotatable bonds is 6. The molecule has 1 heterocycles. The molecule has 0 radical (unpaired) electrons. The van der Waals surface area contributed by atoms with E-state index in [1.165, 1.54) is 0 Å². The first-order valence-electron chi connectivity index (χ1n) is 9.29. The van der Waals surface area contributed by atoms with Crippen molar-refractivity contribution in [1.29, 1.82) is 0 Å². The highest BCUT2D eigenvalue weighted by Crippen LogP contribution is 2.33. The lowest BCUT2D eigenvalue weighted by Crippen LogP contribution is -2.48. The number of halogens is 3. The van der Waals surface area contributed by atoms with E-state index in [0.717, 1.165) is 4.90 Å². The van der Waals surface area contributed by atoms with Crippen LogP contribution in [0.4, 0.5) is 13.6 Å². The Balaban J connectivity index is 2.25. The summed E-state index contributed by atoms with van der Waals surface area (Å²) in [4.78, 5) is 29.0. The lowest BCUT2D eigenvalue weighted by Gasteiger charge is -2.28. The van der Waals surface area contributed by atoms with Crippen molar-refractivity contribution in [2.75, 3.05) is 19.8 Å². The lowest BCUT2D eigenvalue weighted by molar-refractivity contribution is -0.126. The fraction of sp³-hybridized carbons (Fsp3) is 0.579. The van der Waals surface area contributed by atoms with Crippen LogP contribution in [-0.2, 0) is 9.53 Å². The Morgan fingerprint density at radius 2 is 2.20 bits per heavy atom. The lowest BCUT2D eigenvalue weighted by atomic mass is 10.0. The molecule has 1 N–H and O–H groups in total. The molecular weight excluding hydrogens is 464 g/mol. The molecule has 1 saturated heterocycles.